The van der Waals surface area contributed by atoms with Gasteiger partial charge in [0.15, 0.2) is 6.29 Å². The first-order valence-corrected chi connectivity index (χ1v) is 35.1. The summed E-state index contributed by atoms with van der Waals surface area (Å²) in [5, 5.41) is 54.8. The van der Waals surface area contributed by atoms with Gasteiger partial charge in [-0.25, -0.2) is 0 Å². The molecule has 0 bridgehead atoms. The fourth-order valence-corrected chi connectivity index (χ4v) is 11.5. The monoisotopic (exact) mass is 1120 g/mol. The van der Waals surface area contributed by atoms with Crippen LogP contribution in [0.3, 0.4) is 0 Å². The molecule has 0 aromatic rings. The third-order valence-electron chi connectivity index (χ3n) is 17.0. The first-order valence-electron chi connectivity index (χ1n) is 35.1. The van der Waals surface area contributed by atoms with Crippen LogP contribution in [0.4, 0.5) is 0 Å². The van der Waals surface area contributed by atoms with Crippen molar-refractivity contribution in [2.75, 3.05) is 13.2 Å². The third-order valence-corrected chi connectivity index (χ3v) is 17.0. The van der Waals surface area contributed by atoms with E-state index in [9.17, 15) is 30.3 Å². The molecule has 0 radical (unpaired) electrons. The molecule has 1 aliphatic heterocycles. The second kappa shape index (κ2) is 59.8. The summed E-state index contributed by atoms with van der Waals surface area (Å²) < 4.78 is 11.3. The third kappa shape index (κ3) is 48.7. The molecule has 7 unspecified atom stereocenters. The summed E-state index contributed by atoms with van der Waals surface area (Å²) >= 11 is 0. The van der Waals surface area contributed by atoms with Crippen LogP contribution in [0.2, 0.25) is 0 Å². The Morgan fingerprint density at radius 1 is 0.418 bits per heavy atom. The minimum absolute atomic E-state index is 0.169. The molecular formula is C70H135NO8. The Hall–Kier alpha value is -1.33. The number of carbonyl (C=O) groups is 1. The van der Waals surface area contributed by atoms with E-state index in [4.69, 9.17) is 9.47 Å². The number of nitrogens with one attached hydrogen (secondary N) is 1. The molecule has 1 aliphatic rings. The van der Waals surface area contributed by atoms with E-state index in [-0.39, 0.29) is 12.5 Å². The van der Waals surface area contributed by atoms with E-state index >= 15 is 0 Å². The molecule has 6 N–H and O–H groups in total. The summed E-state index contributed by atoms with van der Waals surface area (Å²) in [6, 6.07) is -0.804. The summed E-state index contributed by atoms with van der Waals surface area (Å²) in [5.74, 6) is -0.169. The van der Waals surface area contributed by atoms with Crippen molar-refractivity contribution in [1.29, 1.82) is 0 Å². The molecule has 0 spiro atoms. The maximum atomic E-state index is 13.1. The van der Waals surface area contributed by atoms with E-state index in [1.165, 1.54) is 302 Å². The zero-order valence-corrected chi connectivity index (χ0v) is 52.4. The van der Waals surface area contributed by atoms with Crippen molar-refractivity contribution in [3.8, 4) is 0 Å². The number of aliphatic hydroxyl groups excluding tert-OH is 5. The van der Waals surface area contributed by atoms with Gasteiger partial charge >= 0.3 is 0 Å². The topological polar surface area (TPSA) is 149 Å². The van der Waals surface area contributed by atoms with Gasteiger partial charge in [-0.15, -0.1) is 0 Å². The molecule has 9 heteroatoms. The Labute approximate surface area is 489 Å². The highest BCUT2D eigenvalue weighted by Gasteiger charge is 2.44. The van der Waals surface area contributed by atoms with E-state index in [0.717, 1.165) is 38.5 Å². The molecule has 9 nitrogen and oxygen atoms in total. The molecule has 79 heavy (non-hydrogen) atoms. The fourth-order valence-electron chi connectivity index (χ4n) is 11.5. The van der Waals surface area contributed by atoms with Gasteiger partial charge in [-0.1, -0.05) is 334 Å². The number of hydrogen-bond donors (Lipinski definition) is 6. The van der Waals surface area contributed by atoms with Crippen LogP contribution in [-0.4, -0.2) is 87.5 Å². The van der Waals surface area contributed by atoms with Crippen molar-refractivity contribution in [2.24, 2.45) is 0 Å². The fraction of sp³-hybridized carbons (Fsp3) is 0.929. The van der Waals surface area contributed by atoms with E-state index < -0.39 is 49.5 Å². The lowest BCUT2D eigenvalue weighted by Gasteiger charge is -2.40. The van der Waals surface area contributed by atoms with Crippen molar-refractivity contribution in [1.82, 2.24) is 5.32 Å². The Kier molecular flexibility index (Phi) is 57.3. The standard InChI is InChI=1S/C70H135NO8/c1-3-5-7-9-11-13-15-17-19-21-23-25-27-29-30-31-32-33-34-36-38-40-42-44-46-48-50-52-54-56-58-60-66(74)71-63(62-78-70-69(77)68(76)67(75)65(61-72)79-70)64(73)59-57-55-53-51-49-47-45-43-41-39-37-35-28-26-24-22-20-18-16-14-12-10-8-6-4-2/h29-30,57,59,63-65,67-70,72-73,75-77H,3-28,31-56,58,60-62H2,1-2H3,(H,71,74)/b30-29-,59-57+. The molecule has 0 aromatic carbocycles. The van der Waals surface area contributed by atoms with Gasteiger partial charge in [0.1, 0.15) is 24.4 Å². The number of ether oxygens (including phenoxy) is 2. The van der Waals surface area contributed by atoms with Crippen molar-refractivity contribution in [3.05, 3.63) is 24.3 Å². The van der Waals surface area contributed by atoms with Gasteiger partial charge in [-0.05, 0) is 44.9 Å². The Morgan fingerprint density at radius 2 is 0.709 bits per heavy atom. The number of rotatable bonds is 62. The van der Waals surface area contributed by atoms with Crippen molar-refractivity contribution >= 4 is 5.91 Å². The molecular weight excluding hydrogens is 983 g/mol. The maximum Gasteiger partial charge on any atom is 0.220 e. The molecule has 0 saturated carbocycles. The predicted octanol–water partition coefficient (Wildman–Crippen LogP) is 18.9. The highest BCUT2D eigenvalue weighted by molar-refractivity contribution is 5.76. The zero-order valence-electron chi connectivity index (χ0n) is 52.4. The zero-order chi connectivity index (χ0) is 57.2. The molecule has 1 fully saturated rings. The van der Waals surface area contributed by atoms with Crippen LogP contribution in [0.15, 0.2) is 24.3 Å². The summed E-state index contributed by atoms with van der Waals surface area (Å²) in [7, 11) is 0. The highest BCUT2D eigenvalue weighted by atomic mass is 16.7. The smallest absolute Gasteiger partial charge is 0.220 e. The second-order valence-corrected chi connectivity index (χ2v) is 24.7. The van der Waals surface area contributed by atoms with Crippen LogP contribution in [-0.2, 0) is 14.3 Å². The molecule has 1 rings (SSSR count). The number of amides is 1. The highest BCUT2D eigenvalue weighted by Crippen LogP contribution is 2.23. The van der Waals surface area contributed by atoms with Gasteiger partial charge in [0.2, 0.25) is 5.91 Å². The summed E-state index contributed by atoms with van der Waals surface area (Å²) in [4.78, 5) is 13.1. The van der Waals surface area contributed by atoms with Crippen molar-refractivity contribution in [3.63, 3.8) is 0 Å². The number of carbonyl (C=O) groups excluding carboxylic acids is 1. The van der Waals surface area contributed by atoms with Crippen molar-refractivity contribution in [2.45, 2.75) is 403 Å². The molecule has 7 atom stereocenters. The largest absolute Gasteiger partial charge is 0.394 e. The van der Waals surface area contributed by atoms with E-state index in [1.807, 2.05) is 6.08 Å². The summed E-state index contributed by atoms with van der Waals surface area (Å²) in [6.45, 7) is 3.84. The molecule has 468 valence electrons. The molecule has 1 amide bonds. The first-order chi connectivity index (χ1) is 38.8. The molecule has 1 heterocycles. The van der Waals surface area contributed by atoms with Gasteiger partial charge in [0.25, 0.3) is 0 Å². The van der Waals surface area contributed by atoms with Crippen molar-refractivity contribution < 1.29 is 39.8 Å². The van der Waals surface area contributed by atoms with E-state index in [1.54, 1.807) is 6.08 Å². The van der Waals surface area contributed by atoms with E-state index in [0.29, 0.717) is 6.42 Å². The number of unbranched alkanes of at least 4 members (excludes halogenated alkanes) is 50. The summed E-state index contributed by atoms with van der Waals surface area (Å²) in [5.41, 5.74) is 0. The Bertz CT molecular complexity index is 1300. The quantitative estimate of drug-likeness (QED) is 0.0261. The minimum Gasteiger partial charge on any atom is -0.394 e. The van der Waals surface area contributed by atoms with Crippen LogP contribution >= 0.6 is 0 Å². The van der Waals surface area contributed by atoms with Crippen LogP contribution < -0.4 is 5.32 Å². The van der Waals surface area contributed by atoms with Crippen LogP contribution in [0, 0.1) is 0 Å². The van der Waals surface area contributed by atoms with Gasteiger partial charge < -0.3 is 40.3 Å². The summed E-state index contributed by atoms with van der Waals surface area (Å²) in [6.07, 6.45) is 71.4. The first kappa shape index (κ1) is 75.7. The van der Waals surface area contributed by atoms with Crippen LogP contribution in [0.25, 0.3) is 0 Å². The van der Waals surface area contributed by atoms with E-state index in [2.05, 4.69) is 31.3 Å². The van der Waals surface area contributed by atoms with Gasteiger partial charge in [0, 0.05) is 6.42 Å². The second-order valence-electron chi connectivity index (χ2n) is 24.7. The van der Waals surface area contributed by atoms with Crippen LogP contribution in [0.1, 0.15) is 361 Å². The number of aliphatic hydroxyl groups is 5. The molecule has 0 aromatic heterocycles. The van der Waals surface area contributed by atoms with Gasteiger partial charge in [-0.2, -0.15) is 0 Å². The lowest BCUT2D eigenvalue weighted by molar-refractivity contribution is -0.302. The number of hydrogen-bond acceptors (Lipinski definition) is 8. The average Bonchev–Trinajstić information content (AvgIpc) is 3.47. The number of allylic oxidation sites excluding steroid dienone is 3. The average molecular weight is 1120 g/mol. The van der Waals surface area contributed by atoms with Crippen LogP contribution in [0.5, 0.6) is 0 Å². The SMILES string of the molecule is CCCCCCCCCCCCCC/C=C\CCCCCCCCCCCCCCCCCC(=O)NC(COC1OC(CO)C(O)C(O)C1O)C(O)/C=C/CCCCCCCCCCCCCCCCCCCCCCCCC. The predicted molar refractivity (Wildman–Crippen MR) is 337 cm³/mol. The Morgan fingerprint density at radius 3 is 1.03 bits per heavy atom. The normalized spacial score (nSPS) is 18.6. The molecule has 0 aliphatic carbocycles. The lowest BCUT2D eigenvalue weighted by Crippen LogP contribution is -2.60. The minimum atomic E-state index is -1.57. The lowest BCUT2D eigenvalue weighted by atomic mass is 9.99. The maximum absolute atomic E-state index is 13.1. The van der Waals surface area contributed by atoms with Gasteiger partial charge in [-0.3, -0.25) is 4.79 Å². The van der Waals surface area contributed by atoms with Gasteiger partial charge in [0.05, 0.1) is 25.4 Å². The molecule has 1 saturated heterocycles. The Balaban J connectivity index is 2.12.